The molecule has 6 rings (SSSR count). The zero-order chi connectivity index (χ0) is 23.8. The summed E-state index contributed by atoms with van der Waals surface area (Å²) < 4.78 is 23.8. The highest BCUT2D eigenvalue weighted by molar-refractivity contribution is 5.97. The number of amides is 1. The molecule has 0 aliphatic carbocycles. The molecule has 1 atom stereocenters. The van der Waals surface area contributed by atoms with E-state index in [2.05, 4.69) is 15.3 Å². The lowest BCUT2D eigenvalue weighted by atomic mass is 9.89. The number of ether oxygens (including phenoxy) is 3. The number of hydrogen-bond acceptors (Lipinski definition) is 7. The summed E-state index contributed by atoms with van der Waals surface area (Å²) in [6.07, 6.45) is 7.44. The van der Waals surface area contributed by atoms with Gasteiger partial charge in [-0.15, -0.1) is 0 Å². The third kappa shape index (κ3) is 4.06. The van der Waals surface area contributed by atoms with E-state index in [-0.39, 0.29) is 5.91 Å². The molecule has 0 radical (unpaired) electrons. The normalized spacial score (nSPS) is 19.2. The maximum absolute atomic E-state index is 11.6. The summed E-state index contributed by atoms with van der Waals surface area (Å²) >= 11 is 0. The first kappa shape index (κ1) is 21.8. The van der Waals surface area contributed by atoms with Crippen molar-refractivity contribution in [2.45, 2.75) is 31.8 Å². The summed E-state index contributed by atoms with van der Waals surface area (Å²) in [7, 11) is 0. The van der Waals surface area contributed by atoms with E-state index in [1.54, 1.807) is 12.5 Å². The lowest BCUT2D eigenvalue weighted by Crippen LogP contribution is -2.37. The fourth-order valence-electron chi connectivity index (χ4n) is 4.90. The van der Waals surface area contributed by atoms with Gasteiger partial charge in [0.15, 0.2) is 0 Å². The van der Waals surface area contributed by atoms with Crippen LogP contribution in [-0.2, 0) is 32.7 Å². The number of fused-ring (bicyclic) bond motifs is 3. The number of furan rings is 1. The van der Waals surface area contributed by atoms with Crippen LogP contribution in [0.2, 0.25) is 0 Å². The van der Waals surface area contributed by atoms with Gasteiger partial charge in [-0.3, -0.25) is 4.79 Å². The minimum Gasteiger partial charge on any atom is -0.493 e. The van der Waals surface area contributed by atoms with E-state index >= 15 is 0 Å². The maximum Gasteiger partial charge on any atom is 0.222 e. The second-order valence-electron chi connectivity index (χ2n) is 8.90. The second kappa shape index (κ2) is 8.83. The molecule has 2 aliphatic rings. The molecule has 0 saturated carbocycles. The number of H-pyrrole nitrogens is 1. The van der Waals surface area contributed by atoms with E-state index < -0.39 is 5.60 Å². The van der Waals surface area contributed by atoms with E-state index in [1.807, 2.05) is 30.5 Å². The highest BCUT2D eigenvalue weighted by Crippen LogP contribution is 2.43. The van der Waals surface area contributed by atoms with Crippen LogP contribution in [0.25, 0.3) is 22.2 Å². The number of carbonyl (C=O) groups is 1. The second-order valence-corrected chi connectivity index (χ2v) is 8.90. The summed E-state index contributed by atoms with van der Waals surface area (Å²) in [5.74, 6) is 2.00. The standard InChI is InChI=1S/C26H26N4O5/c1-16(31)29-24-11-19-20(13-27-22(19)14-28-24)21-12-23(34-8-4-17-3-2-7-33-17)18-5-9-35-26(25(18)30-21)6-10-32-15-26/h2-3,7,11-14,27H,4-6,8-10,15H2,1H3,(H,28,29,31). The molecule has 4 aromatic heterocycles. The Morgan fingerprint density at radius 2 is 2.26 bits per heavy atom. The van der Waals surface area contributed by atoms with Gasteiger partial charge in [-0.25, -0.2) is 9.97 Å². The van der Waals surface area contributed by atoms with Crippen LogP contribution in [0.15, 0.2) is 47.3 Å². The fourth-order valence-corrected chi connectivity index (χ4v) is 4.90. The molecule has 9 heteroatoms. The van der Waals surface area contributed by atoms with Crippen molar-refractivity contribution in [2.24, 2.45) is 0 Å². The summed E-state index contributed by atoms with van der Waals surface area (Å²) in [6, 6.07) is 7.68. The number of rotatable bonds is 6. The number of nitrogens with zero attached hydrogens (tertiary/aromatic N) is 2. The Morgan fingerprint density at radius 1 is 1.31 bits per heavy atom. The highest BCUT2D eigenvalue weighted by atomic mass is 16.6. The molecule has 1 fully saturated rings. The molecule has 1 unspecified atom stereocenters. The smallest absolute Gasteiger partial charge is 0.222 e. The Labute approximate surface area is 201 Å². The molecule has 0 bridgehead atoms. The number of nitrogens with one attached hydrogen (secondary N) is 2. The van der Waals surface area contributed by atoms with Crippen LogP contribution in [0.3, 0.4) is 0 Å². The molecule has 4 aromatic rings. The molecule has 1 spiro atoms. The number of hydrogen-bond donors (Lipinski definition) is 2. The minimum atomic E-state index is -0.558. The van der Waals surface area contributed by atoms with Crippen molar-refractivity contribution in [1.29, 1.82) is 0 Å². The zero-order valence-corrected chi connectivity index (χ0v) is 19.4. The van der Waals surface area contributed by atoms with Crippen molar-refractivity contribution in [2.75, 3.05) is 31.7 Å². The third-order valence-corrected chi connectivity index (χ3v) is 6.56. The molecule has 9 nitrogen and oxygen atoms in total. The zero-order valence-electron chi connectivity index (χ0n) is 19.4. The lowest BCUT2D eigenvalue weighted by molar-refractivity contribution is -0.114. The number of pyridine rings is 2. The van der Waals surface area contributed by atoms with Crippen LogP contribution < -0.4 is 10.1 Å². The predicted molar refractivity (Wildman–Crippen MR) is 128 cm³/mol. The Morgan fingerprint density at radius 3 is 3.06 bits per heavy atom. The minimum absolute atomic E-state index is 0.173. The number of aromatic nitrogens is 3. The third-order valence-electron chi connectivity index (χ3n) is 6.56. The van der Waals surface area contributed by atoms with Crippen molar-refractivity contribution in [3.8, 4) is 17.0 Å². The average Bonchev–Trinajstić information content (AvgIpc) is 3.61. The van der Waals surface area contributed by atoms with Gasteiger partial charge in [-0.05, 0) is 18.2 Å². The SMILES string of the molecule is CC(=O)Nc1cc2c(-c3cc(OCCc4ccco4)c4c(n3)C3(CCOC3)OCC4)c[nH]c2cn1. The average molecular weight is 475 g/mol. The van der Waals surface area contributed by atoms with Crippen LogP contribution in [0.5, 0.6) is 5.75 Å². The maximum atomic E-state index is 11.6. The van der Waals surface area contributed by atoms with Crippen LogP contribution >= 0.6 is 0 Å². The van der Waals surface area contributed by atoms with Gasteiger partial charge in [0, 0.05) is 61.6 Å². The van der Waals surface area contributed by atoms with Gasteiger partial charge in [0.1, 0.15) is 22.9 Å². The number of aromatic amines is 1. The molecule has 35 heavy (non-hydrogen) atoms. The van der Waals surface area contributed by atoms with Crippen LogP contribution in [0.1, 0.15) is 30.4 Å². The van der Waals surface area contributed by atoms with Gasteiger partial charge in [0.05, 0.1) is 49.2 Å². The quantitative estimate of drug-likeness (QED) is 0.435. The highest BCUT2D eigenvalue weighted by Gasteiger charge is 2.44. The van der Waals surface area contributed by atoms with Gasteiger partial charge in [-0.2, -0.15) is 0 Å². The molecule has 1 amide bonds. The summed E-state index contributed by atoms with van der Waals surface area (Å²) in [6.45, 7) is 3.67. The Kier molecular flexibility index (Phi) is 5.50. The van der Waals surface area contributed by atoms with Crippen LogP contribution in [0, 0.1) is 0 Å². The first-order valence-corrected chi connectivity index (χ1v) is 11.8. The van der Waals surface area contributed by atoms with E-state index in [1.165, 1.54) is 6.92 Å². The lowest BCUT2D eigenvalue weighted by Gasteiger charge is -2.34. The Balaban J connectivity index is 1.43. The van der Waals surface area contributed by atoms with E-state index in [4.69, 9.17) is 23.6 Å². The molecule has 2 aliphatic heterocycles. The summed E-state index contributed by atoms with van der Waals surface area (Å²) in [5.41, 5.74) is 3.91. The predicted octanol–water partition coefficient (Wildman–Crippen LogP) is 3.99. The fraction of sp³-hybridized carbons (Fsp3) is 0.346. The van der Waals surface area contributed by atoms with Gasteiger partial charge < -0.3 is 28.9 Å². The summed E-state index contributed by atoms with van der Waals surface area (Å²) in [5, 5.41) is 3.66. The molecule has 6 heterocycles. The topological polar surface area (TPSA) is 112 Å². The van der Waals surface area contributed by atoms with Gasteiger partial charge in [-0.1, -0.05) is 0 Å². The van der Waals surface area contributed by atoms with Gasteiger partial charge in [0.25, 0.3) is 0 Å². The Hall–Kier alpha value is -3.69. The van der Waals surface area contributed by atoms with Crippen LogP contribution in [-0.4, -0.2) is 47.3 Å². The number of carbonyl (C=O) groups excluding carboxylic acids is 1. The Bertz CT molecular complexity index is 1370. The van der Waals surface area contributed by atoms with Crippen molar-refractivity contribution in [3.63, 3.8) is 0 Å². The molecule has 1 saturated heterocycles. The van der Waals surface area contributed by atoms with E-state index in [9.17, 15) is 4.79 Å². The van der Waals surface area contributed by atoms with Crippen molar-refractivity contribution in [3.05, 3.63) is 59.9 Å². The van der Waals surface area contributed by atoms with E-state index in [0.29, 0.717) is 38.7 Å². The monoisotopic (exact) mass is 474 g/mol. The molecule has 2 N–H and O–H groups in total. The van der Waals surface area contributed by atoms with Crippen LogP contribution in [0.4, 0.5) is 5.82 Å². The molecular weight excluding hydrogens is 448 g/mol. The van der Waals surface area contributed by atoms with Crippen molar-refractivity contribution in [1.82, 2.24) is 15.0 Å². The molecule has 0 aromatic carbocycles. The molecular formula is C26H26N4O5. The largest absolute Gasteiger partial charge is 0.493 e. The molecule has 180 valence electrons. The van der Waals surface area contributed by atoms with Crippen molar-refractivity contribution < 1.29 is 23.4 Å². The first-order chi connectivity index (χ1) is 17.1. The van der Waals surface area contributed by atoms with Crippen molar-refractivity contribution >= 4 is 22.6 Å². The van der Waals surface area contributed by atoms with Gasteiger partial charge >= 0.3 is 0 Å². The number of anilines is 1. The van der Waals surface area contributed by atoms with E-state index in [0.717, 1.165) is 57.8 Å². The summed E-state index contributed by atoms with van der Waals surface area (Å²) in [4.78, 5) is 24.3. The van der Waals surface area contributed by atoms with Gasteiger partial charge in [0.2, 0.25) is 5.91 Å². The first-order valence-electron chi connectivity index (χ1n) is 11.8.